The van der Waals surface area contributed by atoms with Gasteiger partial charge in [0.05, 0.1) is 18.3 Å². The van der Waals surface area contributed by atoms with Crippen molar-refractivity contribution in [2.24, 2.45) is 15.2 Å². The molecule has 0 radical (unpaired) electrons. The molecule has 15 heteroatoms. The first-order chi connectivity index (χ1) is 16.9. The fourth-order valence-electron chi connectivity index (χ4n) is 3.61. The SMILES string of the molecule is CCN(CCC(F)(F)F)c1ccc(N=C2C(CS(N)(=O)=O)=Nn3c2nnc3-c2cnccn2)c(C)c1. The summed E-state index contributed by atoms with van der Waals surface area (Å²) in [5.74, 6) is -0.156. The Balaban J connectivity index is 1.71. The van der Waals surface area contributed by atoms with E-state index in [1.807, 2.05) is 0 Å². The quantitative estimate of drug-likeness (QED) is 0.479. The third kappa shape index (κ3) is 5.73. The van der Waals surface area contributed by atoms with Gasteiger partial charge in [0, 0.05) is 31.2 Å². The maximum atomic E-state index is 12.7. The number of rotatable bonds is 8. The number of hydrogen-bond donors (Lipinski definition) is 1. The number of aromatic nitrogens is 5. The van der Waals surface area contributed by atoms with E-state index in [0.29, 0.717) is 29.2 Å². The molecule has 0 aliphatic carbocycles. The third-order valence-electron chi connectivity index (χ3n) is 5.30. The van der Waals surface area contributed by atoms with Crippen molar-refractivity contribution in [2.75, 3.05) is 23.7 Å². The molecule has 0 bridgehead atoms. The zero-order valence-corrected chi connectivity index (χ0v) is 20.1. The van der Waals surface area contributed by atoms with Gasteiger partial charge in [-0.2, -0.15) is 22.9 Å². The molecule has 0 amide bonds. The summed E-state index contributed by atoms with van der Waals surface area (Å²) in [6.07, 6.45) is -0.767. The first-order valence-corrected chi connectivity index (χ1v) is 12.5. The highest BCUT2D eigenvalue weighted by molar-refractivity contribution is 7.90. The Bertz CT molecular complexity index is 1430. The summed E-state index contributed by atoms with van der Waals surface area (Å²) >= 11 is 0. The maximum absolute atomic E-state index is 12.7. The lowest BCUT2D eigenvalue weighted by molar-refractivity contribution is -0.132. The Morgan fingerprint density at radius 2 is 1.92 bits per heavy atom. The molecule has 11 nitrogen and oxygen atoms in total. The molecule has 0 fully saturated rings. The van der Waals surface area contributed by atoms with E-state index in [0.717, 1.165) is 0 Å². The van der Waals surface area contributed by atoms with Crippen LogP contribution in [0.4, 0.5) is 24.5 Å². The molecular weight excluding hydrogens is 499 g/mol. The monoisotopic (exact) mass is 521 g/mol. The lowest BCUT2D eigenvalue weighted by atomic mass is 10.1. The van der Waals surface area contributed by atoms with Crippen LogP contribution >= 0.6 is 0 Å². The van der Waals surface area contributed by atoms with Gasteiger partial charge in [-0.25, -0.2) is 23.5 Å². The lowest BCUT2D eigenvalue weighted by Crippen LogP contribution is -2.28. The minimum atomic E-state index is -4.25. The molecule has 3 heterocycles. The molecular formula is C21H22F3N9O2S. The lowest BCUT2D eigenvalue weighted by Gasteiger charge is -2.24. The predicted molar refractivity (Wildman–Crippen MR) is 128 cm³/mol. The number of primary sulfonamides is 1. The molecule has 3 aromatic rings. The van der Waals surface area contributed by atoms with E-state index >= 15 is 0 Å². The zero-order chi connectivity index (χ0) is 26.1. The summed E-state index contributed by atoms with van der Waals surface area (Å²) in [6, 6.07) is 5.03. The zero-order valence-electron chi connectivity index (χ0n) is 19.3. The molecule has 1 aliphatic rings. The molecule has 0 saturated heterocycles. The largest absolute Gasteiger partial charge is 0.390 e. The van der Waals surface area contributed by atoms with Crippen LogP contribution in [0, 0.1) is 6.92 Å². The Morgan fingerprint density at radius 1 is 1.17 bits per heavy atom. The van der Waals surface area contributed by atoms with Gasteiger partial charge in [0.2, 0.25) is 21.7 Å². The van der Waals surface area contributed by atoms with E-state index in [9.17, 15) is 21.6 Å². The number of hydrogen-bond acceptors (Lipinski definition) is 9. The number of sulfonamides is 1. The van der Waals surface area contributed by atoms with Crippen molar-refractivity contribution < 1.29 is 21.6 Å². The summed E-state index contributed by atoms with van der Waals surface area (Å²) in [4.78, 5) is 14.4. The van der Waals surface area contributed by atoms with Crippen molar-refractivity contribution in [1.82, 2.24) is 24.8 Å². The van der Waals surface area contributed by atoms with Crippen molar-refractivity contribution in [1.29, 1.82) is 0 Å². The topological polar surface area (TPSA) is 145 Å². The van der Waals surface area contributed by atoms with Crippen LogP contribution in [0.3, 0.4) is 0 Å². The smallest absolute Gasteiger partial charge is 0.371 e. The van der Waals surface area contributed by atoms with Gasteiger partial charge in [0.15, 0.2) is 0 Å². The number of nitrogens with zero attached hydrogens (tertiary/aromatic N) is 8. The number of alkyl halides is 3. The van der Waals surface area contributed by atoms with Gasteiger partial charge in [-0.1, -0.05) is 0 Å². The second kappa shape index (κ2) is 9.73. The number of aliphatic imine (C=N–C) groups is 1. The van der Waals surface area contributed by atoms with E-state index in [1.54, 1.807) is 36.9 Å². The van der Waals surface area contributed by atoms with E-state index in [-0.39, 0.29) is 29.6 Å². The molecule has 0 unspecified atom stereocenters. The van der Waals surface area contributed by atoms with Crippen molar-refractivity contribution >= 4 is 32.8 Å². The van der Waals surface area contributed by atoms with Crippen LogP contribution in [-0.2, 0) is 10.0 Å². The molecule has 1 aromatic carbocycles. The number of anilines is 1. The van der Waals surface area contributed by atoms with Gasteiger partial charge in [0.1, 0.15) is 22.9 Å². The molecule has 2 aromatic heterocycles. The van der Waals surface area contributed by atoms with Gasteiger partial charge < -0.3 is 4.90 Å². The molecule has 1 aliphatic heterocycles. The maximum Gasteiger partial charge on any atom is 0.390 e. The number of nitrogens with two attached hydrogens (primary N) is 1. The van der Waals surface area contributed by atoms with Crippen LogP contribution in [0.2, 0.25) is 0 Å². The molecule has 2 N–H and O–H groups in total. The summed E-state index contributed by atoms with van der Waals surface area (Å²) in [7, 11) is -3.96. The summed E-state index contributed by atoms with van der Waals surface area (Å²) in [5.41, 5.74) is 2.33. The van der Waals surface area contributed by atoms with Crippen LogP contribution in [-0.4, -0.2) is 69.7 Å². The van der Waals surface area contributed by atoms with Gasteiger partial charge in [-0.3, -0.25) is 4.98 Å². The molecule has 0 atom stereocenters. The van der Waals surface area contributed by atoms with Crippen LogP contribution in [0.5, 0.6) is 0 Å². The standard InChI is InChI=1S/C21H22F3N9O2S/c1-3-32(9-6-21(22,23)24)14-4-5-15(13(2)10-14)28-18-17(12-36(25,34)35)31-33-19(29-30-20(18)33)16-11-26-7-8-27-16/h4-5,7-8,10-11H,3,6,9,12H2,1-2H3,(H2,25,34,35). The normalized spacial score (nSPS) is 14.7. The minimum absolute atomic E-state index is 0.0661. The van der Waals surface area contributed by atoms with E-state index in [4.69, 9.17) is 5.14 Å². The second-order valence-corrected chi connectivity index (χ2v) is 9.59. The summed E-state index contributed by atoms with van der Waals surface area (Å²) in [5, 5.41) is 17.8. The van der Waals surface area contributed by atoms with Crippen LogP contribution in [0.25, 0.3) is 11.5 Å². The van der Waals surface area contributed by atoms with E-state index in [2.05, 4.69) is 30.3 Å². The predicted octanol–water partition coefficient (Wildman–Crippen LogP) is 2.45. The van der Waals surface area contributed by atoms with Crippen molar-refractivity contribution in [2.45, 2.75) is 26.4 Å². The third-order valence-corrected chi connectivity index (χ3v) is 5.98. The van der Waals surface area contributed by atoms with Gasteiger partial charge in [-0.05, 0) is 37.6 Å². The molecule has 190 valence electrons. The molecule has 36 heavy (non-hydrogen) atoms. The van der Waals surface area contributed by atoms with Crippen LogP contribution in [0.15, 0.2) is 46.9 Å². The van der Waals surface area contributed by atoms with Gasteiger partial charge >= 0.3 is 6.18 Å². The highest BCUT2D eigenvalue weighted by Gasteiger charge is 2.32. The number of benzene rings is 1. The summed E-state index contributed by atoms with van der Waals surface area (Å²) in [6.45, 7) is 3.74. The molecule has 0 spiro atoms. The Labute approximate surface area is 204 Å². The van der Waals surface area contributed by atoms with Crippen molar-refractivity contribution in [3.8, 4) is 11.5 Å². The average molecular weight is 522 g/mol. The Hall–Kier alpha value is -3.72. The number of fused-ring (bicyclic) bond motifs is 1. The number of halogens is 3. The Morgan fingerprint density at radius 3 is 2.53 bits per heavy atom. The first kappa shape index (κ1) is 25.4. The van der Waals surface area contributed by atoms with Crippen molar-refractivity contribution in [3.05, 3.63) is 48.2 Å². The van der Waals surface area contributed by atoms with Crippen molar-refractivity contribution in [3.63, 3.8) is 0 Å². The minimum Gasteiger partial charge on any atom is -0.371 e. The highest BCUT2D eigenvalue weighted by atomic mass is 32.2. The summed E-state index contributed by atoms with van der Waals surface area (Å²) < 4.78 is 63.1. The molecule has 4 rings (SSSR count). The second-order valence-electron chi connectivity index (χ2n) is 7.98. The number of aryl methyl sites for hydroxylation is 1. The average Bonchev–Trinajstić information content (AvgIpc) is 3.34. The fraction of sp³-hybridized carbons (Fsp3) is 0.333. The first-order valence-electron chi connectivity index (χ1n) is 10.8. The van der Waals surface area contributed by atoms with E-state index in [1.165, 1.54) is 23.3 Å². The molecule has 0 saturated carbocycles. The van der Waals surface area contributed by atoms with E-state index < -0.39 is 28.4 Å². The van der Waals surface area contributed by atoms with Gasteiger partial charge in [0.25, 0.3) is 0 Å². The van der Waals surface area contributed by atoms with Crippen LogP contribution < -0.4 is 10.0 Å². The Kier molecular flexibility index (Phi) is 6.86. The highest BCUT2D eigenvalue weighted by Crippen LogP contribution is 2.29. The van der Waals surface area contributed by atoms with Gasteiger partial charge in [-0.15, -0.1) is 10.2 Å². The van der Waals surface area contributed by atoms with Crippen LogP contribution in [0.1, 0.15) is 24.7 Å². The fourth-order valence-corrected chi connectivity index (χ4v) is 4.19.